The lowest BCUT2D eigenvalue weighted by Gasteiger charge is -2.35. The third kappa shape index (κ3) is 6.03. The maximum absolute atomic E-state index is 5.62. The van der Waals surface area contributed by atoms with Crippen LogP contribution in [0.15, 0.2) is 18.2 Å². The van der Waals surface area contributed by atoms with Crippen LogP contribution in [0, 0.1) is 0 Å². The quantitative estimate of drug-likeness (QED) is 0.799. The summed E-state index contributed by atoms with van der Waals surface area (Å²) in [5.41, 5.74) is 1.33. The number of nitrogens with one attached hydrogen (secondary N) is 1. The minimum atomic E-state index is 0. The average molecular weight is 365 g/mol. The van der Waals surface area contributed by atoms with Gasteiger partial charge in [0.15, 0.2) is 11.5 Å². The highest BCUT2D eigenvalue weighted by Gasteiger charge is 2.22. The fourth-order valence-corrected chi connectivity index (χ4v) is 2.99. The topological polar surface area (TPSA) is 33.7 Å². The summed E-state index contributed by atoms with van der Waals surface area (Å²) in [6.45, 7) is 9.28. The van der Waals surface area contributed by atoms with Crippen molar-refractivity contribution in [2.45, 2.75) is 32.7 Å². The predicted molar refractivity (Wildman–Crippen MR) is 101 cm³/mol. The molecule has 23 heavy (non-hydrogen) atoms. The SMILES string of the molecule is CCC[C@@H](c1ccc(OCC)c(OC)c1)N1CCNCC1.Cl.Cl. The summed E-state index contributed by atoms with van der Waals surface area (Å²) in [5.74, 6) is 1.67. The summed E-state index contributed by atoms with van der Waals surface area (Å²) in [4.78, 5) is 2.58. The first-order valence-corrected chi connectivity index (χ1v) is 8.05. The molecule has 0 spiro atoms. The molecule has 1 N–H and O–H groups in total. The van der Waals surface area contributed by atoms with Gasteiger partial charge in [-0.1, -0.05) is 19.4 Å². The molecule has 134 valence electrons. The van der Waals surface area contributed by atoms with Crippen LogP contribution in [0.1, 0.15) is 38.3 Å². The van der Waals surface area contributed by atoms with Gasteiger partial charge in [0.05, 0.1) is 13.7 Å². The molecule has 0 radical (unpaired) electrons. The highest BCUT2D eigenvalue weighted by Crippen LogP contribution is 2.34. The zero-order valence-electron chi connectivity index (χ0n) is 14.3. The molecule has 0 saturated carbocycles. The molecule has 1 aromatic carbocycles. The van der Waals surface area contributed by atoms with E-state index in [4.69, 9.17) is 9.47 Å². The number of benzene rings is 1. The van der Waals surface area contributed by atoms with Gasteiger partial charge in [0.2, 0.25) is 0 Å². The van der Waals surface area contributed by atoms with Crippen molar-refractivity contribution in [1.82, 2.24) is 10.2 Å². The summed E-state index contributed by atoms with van der Waals surface area (Å²) in [7, 11) is 1.71. The maximum atomic E-state index is 5.62. The Labute approximate surface area is 152 Å². The third-order valence-electron chi connectivity index (χ3n) is 4.03. The zero-order chi connectivity index (χ0) is 15.1. The number of methoxy groups -OCH3 is 1. The fourth-order valence-electron chi connectivity index (χ4n) is 2.99. The number of rotatable bonds is 7. The van der Waals surface area contributed by atoms with Crippen molar-refractivity contribution in [3.05, 3.63) is 23.8 Å². The average Bonchev–Trinajstić information content (AvgIpc) is 2.54. The minimum Gasteiger partial charge on any atom is -0.493 e. The lowest BCUT2D eigenvalue weighted by molar-refractivity contribution is 0.164. The van der Waals surface area contributed by atoms with Gasteiger partial charge in [0, 0.05) is 32.2 Å². The van der Waals surface area contributed by atoms with Gasteiger partial charge in [0.1, 0.15) is 0 Å². The Kier molecular flexibility index (Phi) is 11.4. The Hall–Kier alpha value is -0.680. The van der Waals surface area contributed by atoms with Gasteiger partial charge in [-0.05, 0) is 31.0 Å². The fraction of sp³-hybridized carbons (Fsp3) is 0.647. The first-order chi connectivity index (χ1) is 10.3. The van der Waals surface area contributed by atoms with Crippen LogP contribution in [-0.4, -0.2) is 44.8 Å². The second kappa shape index (κ2) is 11.8. The molecule has 4 nitrogen and oxygen atoms in total. The monoisotopic (exact) mass is 364 g/mol. The van der Waals surface area contributed by atoms with Crippen molar-refractivity contribution in [3.63, 3.8) is 0 Å². The number of halogens is 2. The normalized spacial score (nSPS) is 16.0. The lowest BCUT2D eigenvalue weighted by Crippen LogP contribution is -2.45. The molecule has 1 fully saturated rings. The van der Waals surface area contributed by atoms with E-state index in [0.717, 1.165) is 37.7 Å². The summed E-state index contributed by atoms with van der Waals surface area (Å²) >= 11 is 0. The zero-order valence-corrected chi connectivity index (χ0v) is 16.0. The van der Waals surface area contributed by atoms with Crippen LogP contribution in [0.3, 0.4) is 0 Å². The standard InChI is InChI=1S/C17H28N2O2.2ClH/c1-4-6-15(19-11-9-18-10-12-19)14-7-8-16(21-5-2)17(13-14)20-3;;/h7-8,13,15,18H,4-6,9-12H2,1-3H3;2*1H/t15-;;/m0../s1. The van der Waals surface area contributed by atoms with Gasteiger partial charge in [-0.2, -0.15) is 0 Å². The van der Waals surface area contributed by atoms with E-state index in [2.05, 4.69) is 29.3 Å². The van der Waals surface area contributed by atoms with Crippen molar-refractivity contribution in [3.8, 4) is 11.5 Å². The molecule has 0 bridgehead atoms. The summed E-state index contributed by atoms with van der Waals surface area (Å²) < 4.78 is 11.1. The number of hydrogen-bond donors (Lipinski definition) is 1. The molecule has 1 aliphatic rings. The van der Waals surface area contributed by atoms with E-state index in [9.17, 15) is 0 Å². The molecule has 1 atom stereocenters. The highest BCUT2D eigenvalue weighted by atomic mass is 35.5. The van der Waals surface area contributed by atoms with Gasteiger partial charge in [0.25, 0.3) is 0 Å². The third-order valence-corrected chi connectivity index (χ3v) is 4.03. The maximum Gasteiger partial charge on any atom is 0.161 e. The minimum absolute atomic E-state index is 0. The first kappa shape index (κ1) is 22.3. The van der Waals surface area contributed by atoms with Crippen LogP contribution in [0.4, 0.5) is 0 Å². The molecular formula is C17H30Cl2N2O2. The Morgan fingerprint density at radius 1 is 1.13 bits per heavy atom. The van der Waals surface area contributed by atoms with E-state index >= 15 is 0 Å². The second-order valence-corrected chi connectivity index (χ2v) is 5.43. The van der Waals surface area contributed by atoms with Crippen LogP contribution in [0.5, 0.6) is 11.5 Å². The van der Waals surface area contributed by atoms with E-state index in [1.807, 2.05) is 13.0 Å². The number of piperazine rings is 1. The molecule has 1 saturated heterocycles. The molecule has 0 aliphatic carbocycles. The van der Waals surface area contributed by atoms with Crippen molar-refractivity contribution in [2.24, 2.45) is 0 Å². The van der Waals surface area contributed by atoms with E-state index in [1.165, 1.54) is 18.4 Å². The van der Waals surface area contributed by atoms with E-state index < -0.39 is 0 Å². The van der Waals surface area contributed by atoms with Gasteiger partial charge in [-0.15, -0.1) is 24.8 Å². The van der Waals surface area contributed by atoms with Gasteiger partial charge < -0.3 is 14.8 Å². The van der Waals surface area contributed by atoms with E-state index in [0.29, 0.717) is 12.6 Å². The predicted octanol–water partition coefficient (Wildman–Crippen LogP) is 3.68. The molecule has 1 aromatic rings. The Morgan fingerprint density at radius 2 is 1.83 bits per heavy atom. The summed E-state index contributed by atoms with van der Waals surface area (Å²) in [6.07, 6.45) is 2.36. The first-order valence-electron chi connectivity index (χ1n) is 8.05. The largest absolute Gasteiger partial charge is 0.493 e. The van der Waals surface area contributed by atoms with Crippen LogP contribution in [0.2, 0.25) is 0 Å². The van der Waals surface area contributed by atoms with Crippen molar-refractivity contribution < 1.29 is 9.47 Å². The molecule has 1 heterocycles. The number of hydrogen-bond acceptors (Lipinski definition) is 4. The van der Waals surface area contributed by atoms with Crippen molar-refractivity contribution >= 4 is 24.8 Å². The Balaban J connectivity index is 0.00000242. The summed E-state index contributed by atoms with van der Waals surface area (Å²) in [5, 5.41) is 3.43. The van der Waals surface area contributed by atoms with E-state index in [1.54, 1.807) is 7.11 Å². The molecule has 1 aliphatic heterocycles. The highest BCUT2D eigenvalue weighted by molar-refractivity contribution is 5.85. The molecule has 0 amide bonds. The second-order valence-electron chi connectivity index (χ2n) is 5.43. The molecule has 0 unspecified atom stereocenters. The Morgan fingerprint density at radius 3 is 2.39 bits per heavy atom. The molecule has 2 rings (SSSR count). The van der Waals surface area contributed by atoms with E-state index in [-0.39, 0.29) is 24.8 Å². The van der Waals surface area contributed by atoms with Crippen LogP contribution < -0.4 is 14.8 Å². The number of ether oxygens (including phenoxy) is 2. The number of nitrogens with zero attached hydrogens (tertiary/aromatic N) is 1. The molecule has 0 aromatic heterocycles. The Bertz CT molecular complexity index is 441. The van der Waals surface area contributed by atoms with Crippen molar-refractivity contribution in [1.29, 1.82) is 0 Å². The van der Waals surface area contributed by atoms with Gasteiger partial charge in [-0.3, -0.25) is 4.90 Å². The smallest absolute Gasteiger partial charge is 0.161 e. The van der Waals surface area contributed by atoms with Crippen LogP contribution in [0.25, 0.3) is 0 Å². The van der Waals surface area contributed by atoms with Gasteiger partial charge in [-0.25, -0.2) is 0 Å². The van der Waals surface area contributed by atoms with Crippen LogP contribution >= 0.6 is 24.8 Å². The molecular weight excluding hydrogens is 335 g/mol. The lowest BCUT2D eigenvalue weighted by atomic mass is 9.99. The molecule has 6 heteroatoms. The summed E-state index contributed by atoms with van der Waals surface area (Å²) in [6, 6.07) is 6.85. The van der Waals surface area contributed by atoms with Crippen LogP contribution in [-0.2, 0) is 0 Å². The van der Waals surface area contributed by atoms with Gasteiger partial charge >= 0.3 is 0 Å². The van der Waals surface area contributed by atoms with Crippen molar-refractivity contribution in [2.75, 3.05) is 39.9 Å².